The van der Waals surface area contributed by atoms with Gasteiger partial charge < -0.3 is 15.2 Å². The average molecular weight is 330 g/mol. The molecule has 5 nitrogen and oxygen atoms in total. The summed E-state index contributed by atoms with van der Waals surface area (Å²) < 4.78 is 5.33. The maximum Gasteiger partial charge on any atom is 0.223 e. The fourth-order valence-electron chi connectivity index (χ4n) is 3.00. The molecule has 0 saturated carbocycles. The van der Waals surface area contributed by atoms with Gasteiger partial charge in [-0.2, -0.15) is 0 Å². The number of aromatic nitrogens is 1. The monoisotopic (exact) mass is 329 g/mol. The molecule has 0 unspecified atom stereocenters. The maximum absolute atomic E-state index is 12.2. The number of nitrogens with one attached hydrogen (secondary N) is 2. The normalized spacial score (nSPS) is 21.5. The van der Waals surface area contributed by atoms with E-state index in [2.05, 4.69) is 36.6 Å². The van der Waals surface area contributed by atoms with Crippen molar-refractivity contribution in [1.82, 2.24) is 15.8 Å². The van der Waals surface area contributed by atoms with Crippen LogP contribution in [0.15, 0.2) is 10.6 Å². The van der Waals surface area contributed by atoms with Crippen molar-refractivity contribution in [2.45, 2.75) is 65.0 Å². The second-order valence-corrected chi connectivity index (χ2v) is 6.03. The number of rotatable bonds is 6. The van der Waals surface area contributed by atoms with Crippen LogP contribution in [-0.4, -0.2) is 23.7 Å². The molecule has 1 aromatic rings. The van der Waals surface area contributed by atoms with Crippen molar-refractivity contribution in [1.29, 1.82) is 0 Å². The van der Waals surface area contributed by atoms with Crippen molar-refractivity contribution in [3.63, 3.8) is 0 Å². The van der Waals surface area contributed by atoms with Gasteiger partial charge in [-0.25, -0.2) is 0 Å². The van der Waals surface area contributed by atoms with Crippen molar-refractivity contribution in [3.8, 4) is 0 Å². The van der Waals surface area contributed by atoms with E-state index in [0.29, 0.717) is 18.5 Å². The van der Waals surface area contributed by atoms with Crippen molar-refractivity contribution < 1.29 is 9.32 Å². The van der Waals surface area contributed by atoms with Gasteiger partial charge in [0.15, 0.2) is 5.76 Å². The molecule has 22 heavy (non-hydrogen) atoms. The quantitative estimate of drug-likeness (QED) is 0.842. The topological polar surface area (TPSA) is 67.2 Å². The number of halogens is 1. The first kappa shape index (κ1) is 19.0. The molecule has 1 aliphatic rings. The Kier molecular flexibility index (Phi) is 7.90. The van der Waals surface area contributed by atoms with E-state index in [0.717, 1.165) is 43.7 Å². The van der Waals surface area contributed by atoms with Crippen LogP contribution >= 0.6 is 12.4 Å². The van der Waals surface area contributed by atoms with Crippen LogP contribution in [0.1, 0.15) is 63.8 Å². The molecule has 1 amide bonds. The molecule has 1 aliphatic heterocycles. The summed E-state index contributed by atoms with van der Waals surface area (Å²) in [6.45, 7) is 7.79. The van der Waals surface area contributed by atoms with Crippen LogP contribution < -0.4 is 10.6 Å². The minimum absolute atomic E-state index is 0. The van der Waals surface area contributed by atoms with Gasteiger partial charge in [-0.05, 0) is 39.2 Å². The number of carbonyl (C=O) groups excluding carboxylic acids is 1. The SMILES string of the molecule is CCC(CC)c1cc(CNC(=O)[C@H]2CCN[C@@H](C)C2)on1.Cl. The second kappa shape index (κ2) is 9.16. The fourth-order valence-corrected chi connectivity index (χ4v) is 3.00. The van der Waals surface area contributed by atoms with Gasteiger partial charge in [0.05, 0.1) is 12.2 Å². The van der Waals surface area contributed by atoms with Gasteiger partial charge in [-0.3, -0.25) is 4.79 Å². The predicted molar refractivity (Wildman–Crippen MR) is 89.1 cm³/mol. The lowest BCUT2D eigenvalue weighted by molar-refractivity contribution is -0.126. The zero-order valence-electron chi connectivity index (χ0n) is 13.7. The molecule has 1 saturated heterocycles. The Morgan fingerprint density at radius 3 is 2.86 bits per heavy atom. The van der Waals surface area contributed by atoms with Crippen LogP contribution in [0.2, 0.25) is 0 Å². The summed E-state index contributed by atoms with van der Waals surface area (Å²) >= 11 is 0. The third-order valence-corrected chi connectivity index (χ3v) is 4.41. The Labute approximate surface area is 139 Å². The molecule has 1 fully saturated rings. The third-order valence-electron chi connectivity index (χ3n) is 4.41. The lowest BCUT2D eigenvalue weighted by atomic mass is 9.92. The van der Waals surface area contributed by atoms with E-state index in [4.69, 9.17) is 4.52 Å². The Bertz CT molecular complexity index is 460. The highest BCUT2D eigenvalue weighted by Gasteiger charge is 2.24. The van der Waals surface area contributed by atoms with Crippen molar-refractivity contribution >= 4 is 18.3 Å². The molecule has 1 aromatic heterocycles. The van der Waals surface area contributed by atoms with Crippen molar-refractivity contribution in [2.24, 2.45) is 5.92 Å². The number of piperidine rings is 1. The third kappa shape index (κ3) is 4.99. The first-order valence-electron chi connectivity index (χ1n) is 8.10. The standard InChI is InChI=1S/C16H27N3O2.ClH/c1-4-12(5-2)15-9-14(21-19-15)10-18-16(20)13-6-7-17-11(3)8-13;/h9,11-13,17H,4-8,10H2,1-3H3,(H,18,20);1H/t11-,13-;/m0./s1. The lowest BCUT2D eigenvalue weighted by Crippen LogP contribution is -2.42. The highest BCUT2D eigenvalue weighted by Crippen LogP contribution is 2.22. The minimum Gasteiger partial charge on any atom is -0.359 e. The van der Waals surface area contributed by atoms with E-state index >= 15 is 0 Å². The minimum atomic E-state index is 0. The summed E-state index contributed by atoms with van der Waals surface area (Å²) in [6.07, 6.45) is 3.93. The zero-order chi connectivity index (χ0) is 15.2. The predicted octanol–water partition coefficient (Wildman–Crippen LogP) is 3.00. The molecule has 2 N–H and O–H groups in total. The van der Waals surface area contributed by atoms with E-state index in [1.807, 2.05) is 6.07 Å². The smallest absolute Gasteiger partial charge is 0.223 e. The molecule has 2 rings (SSSR count). The molecule has 6 heteroatoms. The molecular formula is C16H28ClN3O2. The van der Waals surface area contributed by atoms with Gasteiger partial charge in [-0.1, -0.05) is 19.0 Å². The van der Waals surface area contributed by atoms with Crippen LogP contribution in [-0.2, 0) is 11.3 Å². The van der Waals surface area contributed by atoms with E-state index in [1.165, 1.54) is 0 Å². The van der Waals surface area contributed by atoms with Gasteiger partial charge in [-0.15, -0.1) is 12.4 Å². The van der Waals surface area contributed by atoms with Crippen LogP contribution in [0.4, 0.5) is 0 Å². The number of hydrogen-bond acceptors (Lipinski definition) is 4. The molecule has 0 spiro atoms. The van der Waals surface area contributed by atoms with Crippen molar-refractivity contribution in [3.05, 3.63) is 17.5 Å². The van der Waals surface area contributed by atoms with Crippen LogP contribution in [0.5, 0.6) is 0 Å². The first-order valence-corrected chi connectivity index (χ1v) is 8.10. The Morgan fingerprint density at radius 1 is 1.50 bits per heavy atom. The first-order chi connectivity index (χ1) is 10.1. The summed E-state index contributed by atoms with van der Waals surface area (Å²) in [5, 5.41) is 10.5. The van der Waals surface area contributed by atoms with Gasteiger partial charge in [0.2, 0.25) is 5.91 Å². The zero-order valence-corrected chi connectivity index (χ0v) is 14.5. The summed E-state index contributed by atoms with van der Waals surface area (Å²) in [5.74, 6) is 1.43. The van der Waals surface area contributed by atoms with E-state index < -0.39 is 0 Å². The molecule has 0 aromatic carbocycles. The fraction of sp³-hybridized carbons (Fsp3) is 0.750. The van der Waals surface area contributed by atoms with Crippen LogP contribution in [0.3, 0.4) is 0 Å². The van der Waals surface area contributed by atoms with Crippen molar-refractivity contribution in [2.75, 3.05) is 6.54 Å². The number of carbonyl (C=O) groups is 1. The van der Waals surface area contributed by atoms with E-state index in [1.54, 1.807) is 0 Å². The summed E-state index contributed by atoms with van der Waals surface area (Å²) in [5.41, 5.74) is 1.000. The summed E-state index contributed by atoms with van der Waals surface area (Å²) in [7, 11) is 0. The average Bonchev–Trinajstić information content (AvgIpc) is 2.95. The van der Waals surface area contributed by atoms with E-state index in [-0.39, 0.29) is 24.2 Å². The number of nitrogens with zero attached hydrogens (tertiary/aromatic N) is 1. The Hall–Kier alpha value is -1.07. The summed E-state index contributed by atoms with van der Waals surface area (Å²) in [4.78, 5) is 12.2. The largest absolute Gasteiger partial charge is 0.359 e. The highest BCUT2D eigenvalue weighted by molar-refractivity contribution is 5.85. The molecule has 0 radical (unpaired) electrons. The lowest BCUT2D eigenvalue weighted by Gasteiger charge is -2.26. The molecule has 0 bridgehead atoms. The molecular weight excluding hydrogens is 302 g/mol. The number of hydrogen-bond donors (Lipinski definition) is 2. The molecule has 2 heterocycles. The highest BCUT2D eigenvalue weighted by atomic mass is 35.5. The van der Waals surface area contributed by atoms with E-state index in [9.17, 15) is 4.79 Å². The van der Waals surface area contributed by atoms with Crippen LogP contribution in [0, 0.1) is 5.92 Å². The van der Waals surface area contributed by atoms with Gasteiger partial charge in [0.25, 0.3) is 0 Å². The molecule has 0 aliphatic carbocycles. The molecule has 126 valence electrons. The van der Waals surface area contributed by atoms with Crippen LogP contribution in [0.25, 0.3) is 0 Å². The summed E-state index contributed by atoms with van der Waals surface area (Å²) in [6, 6.07) is 2.39. The van der Waals surface area contributed by atoms with Gasteiger partial charge >= 0.3 is 0 Å². The molecule has 2 atom stereocenters. The maximum atomic E-state index is 12.2. The Morgan fingerprint density at radius 2 is 2.23 bits per heavy atom. The Balaban J connectivity index is 0.00000242. The second-order valence-electron chi connectivity index (χ2n) is 6.03. The van der Waals surface area contributed by atoms with Gasteiger partial charge in [0, 0.05) is 23.9 Å². The van der Waals surface area contributed by atoms with Gasteiger partial charge in [0.1, 0.15) is 0 Å². The number of amides is 1.